The number of aromatic nitrogens is 2. The predicted molar refractivity (Wildman–Crippen MR) is 85.0 cm³/mol. The minimum Gasteiger partial charge on any atom is -0.377 e. The van der Waals surface area contributed by atoms with E-state index in [1.54, 1.807) is 0 Å². The number of nitrogens with one attached hydrogen (secondary N) is 1. The van der Waals surface area contributed by atoms with Gasteiger partial charge in [0.2, 0.25) is 0 Å². The number of ether oxygens (including phenoxy) is 1. The predicted octanol–water partition coefficient (Wildman–Crippen LogP) is 2.83. The van der Waals surface area contributed by atoms with Gasteiger partial charge in [0, 0.05) is 26.6 Å². The Balaban J connectivity index is 2.24. The lowest BCUT2D eigenvalue weighted by Gasteiger charge is -2.36. The lowest BCUT2D eigenvalue weighted by atomic mass is 9.88. The molecule has 1 aromatic heterocycles. The van der Waals surface area contributed by atoms with Crippen LogP contribution in [0.1, 0.15) is 44.0 Å². The van der Waals surface area contributed by atoms with Crippen molar-refractivity contribution in [3.8, 4) is 0 Å². The number of halogens is 1. The molecule has 114 valence electrons. The summed E-state index contributed by atoms with van der Waals surface area (Å²) < 4.78 is 9.09. The largest absolute Gasteiger partial charge is 0.377 e. The molecule has 20 heavy (non-hydrogen) atoms. The molecule has 0 amide bonds. The minimum atomic E-state index is -0.0230. The van der Waals surface area contributed by atoms with E-state index in [-0.39, 0.29) is 5.60 Å². The first-order valence-corrected chi connectivity index (χ1v) is 8.30. The van der Waals surface area contributed by atoms with Crippen LogP contribution in [0.25, 0.3) is 0 Å². The van der Waals surface area contributed by atoms with Gasteiger partial charge in [0.05, 0.1) is 21.5 Å². The Bertz CT molecular complexity index is 452. The summed E-state index contributed by atoms with van der Waals surface area (Å²) in [6, 6.07) is 0.325. The van der Waals surface area contributed by atoms with Crippen molar-refractivity contribution in [2.75, 3.05) is 14.2 Å². The Morgan fingerprint density at radius 3 is 2.55 bits per heavy atom. The van der Waals surface area contributed by atoms with Gasteiger partial charge in [0.15, 0.2) is 0 Å². The topological polar surface area (TPSA) is 39.1 Å². The summed E-state index contributed by atoms with van der Waals surface area (Å²) in [6.45, 7) is 2.14. The van der Waals surface area contributed by atoms with Gasteiger partial charge in [0.1, 0.15) is 0 Å². The third-order valence-electron chi connectivity index (χ3n) is 4.74. The van der Waals surface area contributed by atoms with E-state index in [1.807, 2.05) is 25.9 Å². The molecule has 1 unspecified atom stereocenters. The zero-order chi connectivity index (χ0) is 14.8. The number of likely N-dealkylation sites (N-methyl/N-ethyl adjacent to an activating group) is 1. The average Bonchev–Trinajstić information content (AvgIpc) is 3.03. The Hall–Kier alpha value is -0.390. The van der Waals surface area contributed by atoms with Crippen molar-refractivity contribution in [1.29, 1.82) is 0 Å². The lowest BCUT2D eigenvalue weighted by Crippen LogP contribution is -2.50. The van der Waals surface area contributed by atoms with Gasteiger partial charge in [-0.3, -0.25) is 4.68 Å². The summed E-state index contributed by atoms with van der Waals surface area (Å²) in [5.74, 6) is 0. The summed E-state index contributed by atoms with van der Waals surface area (Å²) >= 11 is 3.72. The van der Waals surface area contributed by atoms with Crippen LogP contribution in [0.15, 0.2) is 4.47 Å². The van der Waals surface area contributed by atoms with Crippen LogP contribution in [0.3, 0.4) is 0 Å². The van der Waals surface area contributed by atoms with Crippen molar-refractivity contribution < 1.29 is 4.74 Å². The fourth-order valence-corrected chi connectivity index (χ4v) is 4.23. The van der Waals surface area contributed by atoms with Gasteiger partial charge in [-0.2, -0.15) is 5.10 Å². The van der Waals surface area contributed by atoms with Crippen LogP contribution in [-0.4, -0.2) is 35.6 Å². The molecule has 1 fully saturated rings. The molecule has 1 N–H and O–H groups in total. The van der Waals surface area contributed by atoms with E-state index < -0.39 is 0 Å². The molecule has 4 nitrogen and oxygen atoms in total. The van der Waals surface area contributed by atoms with Crippen LogP contribution in [0.2, 0.25) is 0 Å². The van der Waals surface area contributed by atoms with Crippen molar-refractivity contribution in [2.24, 2.45) is 7.05 Å². The molecule has 1 atom stereocenters. The fourth-order valence-electron chi connectivity index (χ4n) is 3.45. The van der Waals surface area contributed by atoms with Crippen LogP contribution >= 0.6 is 15.9 Å². The average molecular weight is 344 g/mol. The summed E-state index contributed by atoms with van der Waals surface area (Å²) in [4.78, 5) is 0. The Kier molecular flexibility index (Phi) is 5.26. The summed E-state index contributed by atoms with van der Waals surface area (Å²) in [5.41, 5.74) is 2.37. The Labute approximate surface area is 130 Å². The number of hydrogen-bond acceptors (Lipinski definition) is 3. The van der Waals surface area contributed by atoms with E-state index in [1.165, 1.54) is 18.5 Å². The van der Waals surface area contributed by atoms with E-state index in [0.29, 0.717) is 6.04 Å². The van der Waals surface area contributed by atoms with E-state index in [2.05, 4.69) is 33.3 Å². The van der Waals surface area contributed by atoms with E-state index in [9.17, 15) is 0 Å². The maximum absolute atomic E-state index is 5.93. The van der Waals surface area contributed by atoms with Crippen molar-refractivity contribution >= 4 is 15.9 Å². The molecule has 1 saturated carbocycles. The summed E-state index contributed by atoms with van der Waals surface area (Å²) in [7, 11) is 5.92. The smallest absolute Gasteiger partial charge is 0.0834 e. The second-order valence-electron chi connectivity index (χ2n) is 5.71. The molecule has 0 spiro atoms. The Morgan fingerprint density at radius 2 is 2.10 bits per heavy atom. The van der Waals surface area contributed by atoms with Gasteiger partial charge in [-0.15, -0.1) is 0 Å². The molecule has 0 radical (unpaired) electrons. The van der Waals surface area contributed by atoms with E-state index in [4.69, 9.17) is 4.74 Å². The van der Waals surface area contributed by atoms with Crippen molar-refractivity contribution in [3.05, 3.63) is 15.9 Å². The zero-order valence-corrected chi connectivity index (χ0v) is 14.6. The summed E-state index contributed by atoms with van der Waals surface area (Å²) in [6.07, 6.45) is 6.70. The van der Waals surface area contributed by atoms with Gasteiger partial charge in [-0.05, 0) is 42.2 Å². The SMILES string of the molecule is CCc1nn(C)c(CC(NC)C2(OC)CCCC2)c1Br. The highest BCUT2D eigenvalue weighted by Gasteiger charge is 2.41. The first kappa shape index (κ1) is 16.0. The Morgan fingerprint density at radius 1 is 1.45 bits per heavy atom. The second-order valence-corrected chi connectivity index (χ2v) is 6.50. The van der Waals surface area contributed by atoms with E-state index >= 15 is 0 Å². The maximum atomic E-state index is 5.93. The molecular weight excluding hydrogens is 318 g/mol. The molecule has 1 aliphatic carbocycles. The van der Waals surface area contributed by atoms with Crippen LogP contribution in [0.4, 0.5) is 0 Å². The van der Waals surface area contributed by atoms with Gasteiger partial charge in [-0.1, -0.05) is 19.8 Å². The number of nitrogens with zero attached hydrogens (tertiary/aromatic N) is 2. The third-order valence-corrected chi connectivity index (χ3v) is 5.66. The zero-order valence-electron chi connectivity index (χ0n) is 13.0. The normalized spacial score (nSPS) is 19.4. The van der Waals surface area contributed by atoms with Gasteiger partial charge in [-0.25, -0.2) is 0 Å². The second kappa shape index (κ2) is 6.58. The quantitative estimate of drug-likeness (QED) is 0.863. The van der Waals surface area contributed by atoms with Crippen molar-refractivity contribution in [2.45, 2.75) is 57.1 Å². The molecule has 0 bridgehead atoms. The highest BCUT2D eigenvalue weighted by atomic mass is 79.9. The van der Waals surface area contributed by atoms with Crippen LogP contribution in [-0.2, 0) is 24.6 Å². The molecular formula is C15H26BrN3O. The minimum absolute atomic E-state index is 0.0230. The maximum Gasteiger partial charge on any atom is 0.0834 e. The standard InChI is InChI=1S/C15H26BrN3O/c1-5-11-14(16)12(19(3)18-11)10-13(17-2)15(20-4)8-6-7-9-15/h13,17H,5-10H2,1-4H3. The lowest BCUT2D eigenvalue weighted by molar-refractivity contribution is -0.0340. The first-order chi connectivity index (χ1) is 9.57. The first-order valence-electron chi connectivity index (χ1n) is 7.50. The molecule has 0 aliphatic heterocycles. The number of hydrogen-bond donors (Lipinski definition) is 1. The molecule has 1 aliphatic rings. The molecule has 0 saturated heterocycles. The van der Waals surface area contributed by atoms with Crippen LogP contribution < -0.4 is 5.32 Å². The molecule has 5 heteroatoms. The van der Waals surface area contributed by atoms with Gasteiger partial charge in [0.25, 0.3) is 0 Å². The van der Waals surface area contributed by atoms with Gasteiger partial charge < -0.3 is 10.1 Å². The molecule has 0 aromatic carbocycles. The number of methoxy groups -OCH3 is 1. The van der Waals surface area contributed by atoms with Crippen LogP contribution in [0, 0.1) is 0 Å². The summed E-state index contributed by atoms with van der Waals surface area (Å²) in [5, 5.41) is 8.07. The highest BCUT2D eigenvalue weighted by Crippen LogP contribution is 2.37. The molecule has 1 heterocycles. The van der Waals surface area contributed by atoms with Gasteiger partial charge >= 0.3 is 0 Å². The molecule has 2 rings (SSSR count). The fraction of sp³-hybridized carbons (Fsp3) is 0.800. The molecule has 1 aromatic rings. The monoisotopic (exact) mass is 343 g/mol. The third kappa shape index (κ3) is 2.81. The highest BCUT2D eigenvalue weighted by molar-refractivity contribution is 9.10. The van der Waals surface area contributed by atoms with E-state index in [0.717, 1.165) is 35.8 Å². The number of aryl methyl sites for hydroxylation is 2. The van der Waals surface area contributed by atoms with Crippen LogP contribution in [0.5, 0.6) is 0 Å². The number of rotatable bonds is 6. The van der Waals surface area contributed by atoms with Crippen molar-refractivity contribution in [1.82, 2.24) is 15.1 Å². The van der Waals surface area contributed by atoms with Crippen molar-refractivity contribution in [3.63, 3.8) is 0 Å².